The highest BCUT2D eigenvalue weighted by molar-refractivity contribution is 9.11. The average Bonchev–Trinajstić information content (AvgIpc) is 2.46. The fourth-order valence-corrected chi connectivity index (χ4v) is 2.97. The second-order valence-corrected chi connectivity index (χ2v) is 6.04. The molecule has 0 aliphatic carbocycles. The first-order valence-electron chi connectivity index (χ1n) is 4.49. The second kappa shape index (κ2) is 5.84. The van der Waals surface area contributed by atoms with Crippen LogP contribution in [0.15, 0.2) is 9.85 Å². The molecule has 1 aromatic heterocycles. The van der Waals surface area contributed by atoms with Crippen LogP contribution in [0, 0.1) is 0 Å². The van der Waals surface area contributed by atoms with Crippen molar-refractivity contribution >= 4 is 44.8 Å². The SMILES string of the molecule is NC(=O)CCCC(N)c1cc(Cl)c(Br)s1. The first-order valence-corrected chi connectivity index (χ1v) is 6.48. The number of nitrogens with two attached hydrogens (primary N) is 2. The van der Waals surface area contributed by atoms with Crippen molar-refractivity contribution in [1.82, 2.24) is 0 Å². The Labute approximate surface area is 106 Å². The van der Waals surface area contributed by atoms with Gasteiger partial charge in [-0.3, -0.25) is 4.79 Å². The first-order chi connectivity index (χ1) is 7.00. The van der Waals surface area contributed by atoms with Gasteiger partial charge in [-0.15, -0.1) is 11.3 Å². The van der Waals surface area contributed by atoms with Crippen LogP contribution in [0.2, 0.25) is 5.02 Å². The van der Waals surface area contributed by atoms with E-state index in [0.29, 0.717) is 17.9 Å². The van der Waals surface area contributed by atoms with Gasteiger partial charge in [0.05, 0.1) is 8.81 Å². The summed E-state index contributed by atoms with van der Waals surface area (Å²) in [5, 5.41) is 0.681. The van der Waals surface area contributed by atoms with Gasteiger partial charge in [0.1, 0.15) is 0 Å². The molecule has 4 N–H and O–H groups in total. The topological polar surface area (TPSA) is 69.1 Å². The normalized spacial score (nSPS) is 12.7. The van der Waals surface area contributed by atoms with E-state index in [1.165, 1.54) is 11.3 Å². The lowest BCUT2D eigenvalue weighted by Gasteiger charge is -2.07. The number of thiophene rings is 1. The zero-order chi connectivity index (χ0) is 11.4. The second-order valence-electron chi connectivity index (χ2n) is 3.24. The Bertz CT molecular complexity index is 336. The van der Waals surface area contributed by atoms with E-state index in [4.69, 9.17) is 23.1 Å². The fraction of sp³-hybridized carbons (Fsp3) is 0.444. The largest absolute Gasteiger partial charge is 0.370 e. The van der Waals surface area contributed by atoms with Gasteiger partial charge in [0.2, 0.25) is 5.91 Å². The van der Waals surface area contributed by atoms with Crippen LogP contribution in [-0.2, 0) is 4.79 Å². The molecular weight excluding hydrogens is 300 g/mol. The van der Waals surface area contributed by atoms with Crippen molar-refractivity contribution in [3.8, 4) is 0 Å². The lowest BCUT2D eigenvalue weighted by molar-refractivity contribution is -0.118. The van der Waals surface area contributed by atoms with Crippen molar-refractivity contribution in [3.63, 3.8) is 0 Å². The number of hydrogen-bond donors (Lipinski definition) is 2. The van der Waals surface area contributed by atoms with Crippen molar-refractivity contribution in [2.24, 2.45) is 11.5 Å². The van der Waals surface area contributed by atoms with Crippen molar-refractivity contribution < 1.29 is 4.79 Å². The molecule has 0 aliphatic heterocycles. The summed E-state index contributed by atoms with van der Waals surface area (Å²) in [4.78, 5) is 11.6. The maximum absolute atomic E-state index is 10.5. The van der Waals surface area contributed by atoms with Crippen LogP contribution < -0.4 is 11.5 Å². The van der Waals surface area contributed by atoms with E-state index in [1.807, 2.05) is 6.07 Å². The number of amides is 1. The van der Waals surface area contributed by atoms with E-state index in [-0.39, 0.29) is 11.9 Å². The maximum atomic E-state index is 10.5. The van der Waals surface area contributed by atoms with Crippen molar-refractivity contribution in [2.75, 3.05) is 0 Å². The third-order valence-corrected chi connectivity index (χ3v) is 4.57. The summed E-state index contributed by atoms with van der Waals surface area (Å²) in [6.07, 6.45) is 1.84. The van der Waals surface area contributed by atoms with Crippen molar-refractivity contribution in [3.05, 3.63) is 19.8 Å². The molecule has 1 heterocycles. The first kappa shape index (κ1) is 13.0. The lowest BCUT2D eigenvalue weighted by Crippen LogP contribution is -2.13. The van der Waals surface area contributed by atoms with Crippen LogP contribution in [-0.4, -0.2) is 5.91 Å². The summed E-state index contributed by atoms with van der Waals surface area (Å²) in [5.41, 5.74) is 11.0. The van der Waals surface area contributed by atoms with Gasteiger partial charge in [0.15, 0.2) is 0 Å². The molecule has 0 aromatic carbocycles. The Balaban J connectivity index is 2.46. The van der Waals surface area contributed by atoms with Crippen LogP contribution in [0.4, 0.5) is 0 Å². The summed E-state index contributed by atoms with van der Waals surface area (Å²) in [5.74, 6) is -0.285. The van der Waals surface area contributed by atoms with Gasteiger partial charge in [-0.1, -0.05) is 11.6 Å². The molecule has 0 aliphatic rings. The summed E-state index contributed by atoms with van der Waals surface area (Å²) in [6, 6.07) is 1.78. The van der Waals surface area contributed by atoms with Crippen LogP contribution in [0.25, 0.3) is 0 Å². The third kappa shape index (κ3) is 4.10. The highest BCUT2D eigenvalue weighted by Gasteiger charge is 2.12. The molecule has 1 atom stereocenters. The van der Waals surface area contributed by atoms with Gasteiger partial charge >= 0.3 is 0 Å². The zero-order valence-electron chi connectivity index (χ0n) is 8.00. The summed E-state index contributed by atoms with van der Waals surface area (Å²) in [7, 11) is 0. The minimum atomic E-state index is -0.285. The van der Waals surface area contributed by atoms with E-state index >= 15 is 0 Å². The molecule has 1 rings (SSSR count). The molecule has 0 fully saturated rings. The predicted octanol–water partition coefficient (Wildman–Crippen LogP) is 2.82. The van der Waals surface area contributed by atoms with Gasteiger partial charge in [-0.2, -0.15) is 0 Å². The number of rotatable bonds is 5. The molecule has 0 saturated carbocycles. The van der Waals surface area contributed by atoms with Gasteiger partial charge in [0, 0.05) is 17.3 Å². The Morgan fingerprint density at radius 3 is 2.80 bits per heavy atom. The Hall–Kier alpha value is -0.100. The lowest BCUT2D eigenvalue weighted by atomic mass is 10.1. The fourth-order valence-electron chi connectivity index (χ4n) is 1.18. The van der Waals surface area contributed by atoms with E-state index in [1.54, 1.807) is 0 Å². The molecule has 0 bridgehead atoms. The molecule has 6 heteroatoms. The minimum Gasteiger partial charge on any atom is -0.370 e. The Kier molecular flexibility index (Phi) is 5.05. The van der Waals surface area contributed by atoms with Gasteiger partial charge < -0.3 is 11.5 Å². The molecule has 3 nitrogen and oxygen atoms in total. The molecule has 0 radical (unpaired) electrons. The van der Waals surface area contributed by atoms with E-state index in [2.05, 4.69) is 15.9 Å². The van der Waals surface area contributed by atoms with E-state index < -0.39 is 0 Å². The highest BCUT2D eigenvalue weighted by atomic mass is 79.9. The monoisotopic (exact) mass is 310 g/mol. The molecular formula is C9H12BrClN2OS. The van der Waals surface area contributed by atoms with Crippen molar-refractivity contribution in [1.29, 1.82) is 0 Å². The number of carbonyl (C=O) groups is 1. The highest BCUT2D eigenvalue weighted by Crippen LogP contribution is 2.35. The van der Waals surface area contributed by atoms with Crippen LogP contribution in [0.5, 0.6) is 0 Å². The van der Waals surface area contributed by atoms with Crippen LogP contribution >= 0.6 is 38.9 Å². The average molecular weight is 312 g/mol. The number of carbonyl (C=O) groups excluding carboxylic acids is 1. The molecule has 84 valence electrons. The van der Waals surface area contributed by atoms with Crippen LogP contribution in [0.1, 0.15) is 30.2 Å². The predicted molar refractivity (Wildman–Crippen MR) is 67.0 cm³/mol. The van der Waals surface area contributed by atoms with Gasteiger partial charge in [-0.05, 0) is 34.8 Å². The number of primary amides is 1. The van der Waals surface area contributed by atoms with Gasteiger partial charge in [0.25, 0.3) is 0 Å². The van der Waals surface area contributed by atoms with E-state index in [0.717, 1.165) is 15.1 Å². The Morgan fingerprint density at radius 1 is 1.67 bits per heavy atom. The minimum absolute atomic E-state index is 0.0712. The third-order valence-electron chi connectivity index (χ3n) is 1.97. The molecule has 1 amide bonds. The summed E-state index contributed by atoms with van der Waals surface area (Å²) < 4.78 is 0.893. The summed E-state index contributed by atoms with van der Waals surface area (Å²) in [6.45, 7) is 0. The standard InChI is InChI=1S/C9H12BrClN2OS/c10-9-5(11)4-7(15-9)6(12)2-1-3-8(13)14/h4,6H,1-3,12H2,(H2,13,14). The van der Waals surface area contributed by atoms with Gasteiger partial charge in [-0.25, -0.2) is 0 Å². The zero-order valence-corrected chi connectivity index (χ0v) is 11.2. The van der Waals surface area contributed by atoms with Crippen molar-refractivity contribution in [2.45, 2.75) is 25.3 Å². The molecule has 1 unspecified atom stereocenters. The van der Waals surface area contributed by atoms with E-state index in [9.17, 15) is 4.79 Å². The molecule has 15 heavy (non-hydrogen) atoms. The maximum Gasteiger partial charge on any atom is 0.217 e. The quantitative estimate of drug-likeness (QED) is 0.878. The smallest absolute Gasteiger partial charge is 0.217 e. The Morgan fingerprint density at radius 2 is 2.33 bits per heavy atom. The van der Waals surface area contributed by atoms with Crippen LogP contribution in [0.3, 0.4) is 0 Å². The summed E-state index contributed by atoms with van der Waals surface area (Å²) >= 11 is 10.7. The molecule has 1 aromatic rings. The molecule has 0 saturated heterocycles. The number of halogens is 2. The number of hydrogen-bond acceptors (Lipinski definition) is 3. The molecule has 0 spiro atoms.